The summed E-state index contributed by atoms with van der Waals surface area (Å²) in [6.07, 6.45) is 1.82. The monoisotopic (exact) mass is 299 g/mol. The summed E-state index contributed by atoms with van der Waals surface area (Å²) in [5.41, 5.74) is 6.33. The molecule has 0 aliphatic carbocycles. The maximum absolute atomic E-state index is 12.1. The van der Waals surface area contributed by atoms with Crippen LogP contribution in [0.4, 0.5) is 5.69 Å². The average Bonchev–Trinajstić information content (AvgIpc) is 2.48. The van der Waals surface area contributed by atoms with Gasteiger partial charge in [-0.1, -0.05) is 11.6 Å². The number of nitrogens with two attached hydrogens (primary N) is 1. The molecule has 0 radical (unpaired) electrons. The molecule has 0 bridgehead atoms. The molecule has 20 heavy (non-hydrogen) atoms. The molecule has 0 saturated carbocycles. The minimum atomic E-state index is -0.449. The number of carbonyl (C=O) groups excluding carboxylic acids is 1. The van der Waals surface area contributed by atoms with E-state index in [1.807, 2.05) is 0 Å². The molecule has 0 aromatic heterocycles. The number of carbonyl (C=O) groups is 1. The fourth-order valence-corrected chi connectivity index (χ4v) is 2.25. The van der Waals surface area contributed by atoms with Crippen molar-refractivity contribution in [3.05, 3.63) is 22.7 Å². The van der Waals surface area contributed by atoms with Gasteiger partial charge < -0.3 is 19.9 Å². The zero-order chi connectivity index (χ0) is 14.5. The van der Waals surface area contributed by atoms with Crippen LogP contribution in [0.25, 0.3) is 0 Å². The van der Waals surface area contributed by atoms with Gasteiger partial charge in [0.25, 0.3) is 0 Å². The SMILES string of the molecule is COc1cc(N)c(Cl)cc1C(=O)OCC1CCOCC1. The molecule has 1 heterocycles. The first-order valence-corrected chi connectivity index (χ1v) is 6.87. The van der Waals surface area contributed by atoms with Gasteiger partial charge in [0.15, 0.2) is 0 Å². The number of rotatable bonds is 4. The van der Waals surface area contributed by atoms with Gasteiger partial charge in [-0.3, -0.25) is 0 Å². The fraction of sp³-hybridized carbons (Fsp3) is 0.500. The first-order chi connectivity index (χ1) is 9.61. The van der Waals surface area contributed by atoms with E-state index in [1.165, 1.54) is 19.2 Å². The van der Waals surface area contributed by atoms with Gasteiger partial charge in [-0.25, -0.2) is 4.79 Å². The van der Waals surface area contributed by atoms with Crippen LogP contribution in [0.15, 0.2) is 12.1 Å². The summed E-state index contributed by atoms with van der Waals surface area (Å²) in [6, 6.07) is 3.00. The first kappa shape index (κ1) is 14.9. The zero-order valence-corrected chi connectivity index (χ0v) is 12.1. The average molecular weight is 300 g/mol. The third kappa shape index (κ3) is 3.55. The van der Waals surface area contributed by atoms with Crippen molar-refractivity contribution in [1.29, 1.82) is 0 Å². The van der Waals surface area contributed by atoms with Crippen molar-refractivity contribution in [1.82, 2.24) is 0 Å². The van der Waals surface area contributed by atoms with Crippen molar-refractivity contribution in [2.24, 2.45) is 5.92 Å². The van der Waals surface area contributed by atoms with E-state index in [9.17, 15) is 4.79 Å². The Morgan fingerprint density at radius 1 is 1.45 bits per heavy atom. The number of ether oxygens (including phenoxy) is 3. The van der Waals surface area contributed by atoms with Gasteiger partial charge in [0.05, 0.1) is 24.4 Å². The first-order valence-electron chi connectivity index (χ1n) is 6.49. The van der Waals surface area contributed by atoms with Crippen molar-refractivity contribution in [2.75, 3.05) is 32.7 Å². The van der Waals surface area contributed by atoms with Crippen LogP contribution < -0.4 is 10.5 Å². The predicted octanol–water partition coefficient (Wildman–Crippen LogP) is 2.51. The van der Waals surface area contributed by atoms with E-state index in [1.54, 1.807) is 0 Å². The number of hydrogen-bond donors (Lipinski definition) is 1. The second kappa shape index (κ2) is 6.81. The van der Waals surface area contributed by atoms with E-state index in [0.717, 1.165) is 26.1 Å². The Morgan fingerprint density at radius 3 is 2.80 bits per heavy atom. The van der Waals surface area contributed by atoms with Crippen molar-refractivity contribution in [2.45, 2.75) is 12.8 Å². The molecule has 1 saturated heterocycles. The van der Waals surface area contributed by atoms with E-state index in [-0.39, 0.29) is 0 Å². The Balaban J connectivity index is 2.02. The van der Waals surface area contributed by atoms with Crippen LogP contribution in [-0.4, -0.2) is 32.9 Å². The van der Waals surface area contributed by atoms with E-state index in [4.69, 9.17) is 31.5 Å². The van der Waals surface area contributed by atoms with Crippen LogP contribution >= 0.6 is 11.6 Å². The van der Waals surface area contributed by atoms with Crippen LogP contribution in [0, 0.1) is 5.92 Å². The molecule has 5 nitrogen and oxygen atoms in total. The third-order valence-electron chi connectivity index (χ3n) is 3.33. The third-order valence-corrected chi connectivity index (χ3v) is 3.66. The largest absolute Gasteiger partial charge is 0.496 e. The van der Waals surface area contributed by atoms with Crippen LogP contribution in [0.3, 0.4) is 0 Å². The number of benzene rings is 1. The number of nitrogen functional groups attached to an aromatic ring is 1. The summed E-state index contributed by atoms with van der Waals surface area (Å²) < 4.78 is 15.7. The van der Waals surface area contributed by atoms with Crippen molar-refractivity contribution >= 4 is 23.3 Å². The highest BCUT2D eigenvalue weighted by atomic mass is 35.5. The fourth-order valence-electron chi connectivity index (χ4n) is 2.08. The molecule has 0 spiro atoms. The lowest BCUT2D eigenvalue weighted by atomic mass is 10.0. The number of anilines is 1. The maximum Gasteiger partial charge on any atom is 0.341 e. The van der Waals surface area contributed by atoms with E-state index in [0.29, 0.717) is 34.5 Å². The number of hydrogen-bond acceptors (Lipinski definition) is 5. The summed E-state index contributed by atoms with van der Waals surface area (Å²) in [6.45, 7) is 1.83. The van der Waals surface area contributed by atoms with Crippen LogP contribution in [0.1, 0.15) is 23.2 Å². The highest BCUT2D eigenvalue weighted by molar-refractivity contribution is 6.33. The molecule has 2 rings (SSSR count). The molecule has 6 heteroatoms. The summed E-state index contributed by atoms with van der Waals surface area (Å²) >= 11 is 5.93. The van der Waals surface area contributed by atoms with Gasteiger partial charge >= 0.3 is 5.97 Å². The van der Waals surface area contributed by atoms with Crippen LogP contribution in [0.5, 0.6) is 5.75 Å². The molecule has 2 N–H and O–H groups in total. The molecule has 1 aliphatic heterocycles. The molecule has 110 valence electrons. The highest BCUT2D eigenvalue weighted by Crippen LogP contribution is 2.29. The van der Waals surface area contributed by atoms with Gasteiger partial charge in [-0.15, -0.1) is 0 Å². The smallest absolute Gasteiger partial charge is 0.341 e. The Hall–Kier alpha value is -1.46. The topological polar surface area (TPSA) is 70.8 Å². The normalized spacial score (nSPS) is 15.9. The molecule has 1 aromatic rings. The predicted molar refractivity (Wildman–Crippen MR) is 76.2 cm³/mol. The summed E-state index contributed by atoms with van der Waals surface area (Å²) in [5, 5.41) is 0.309. The number of halogens is 1. The molecule has 0 atom stereocenters. The van der Waals surface area contributed by atoms with E-state index < -0.39 is 5.97 Å². The van der Waals surface area contributed by atoms with Crippen molar-refractivity contribution in [3.8, 4) is 5.75 Å². The standard InChI is InChI=1S/C14H18ClNO4/c1-18-13-7-12(16)11(15)6-10(13)14(17)20-8-9-2-4-19-5-3-9/h6-7,9H,2-5,8,16H2,1H3. The van der Waals surface area contributed by atoms with E-state index in [2.05, 4.69) is 0 Å². The summed E-state index contributed by atoms with van der Waals surface area (Å²) in [5.74, 6) is 0.266. The van der Waals surface area contributed by atoms with Gasteiger partial charge in [0, 0.05) is 19.3 Å². The zero-order valence-electron chi connectivity index (χ0n) is 11.4. The number of esters is 1. The van der Waals surface area contributed by atoms with Crippen LogP contribution in [-0.2, 0) is 9.47 Å². The molecule has 1 fully saturated rings. The Morgan fingerprint density at radius 2 is 2.15 bits per heavy atom. The Labute approximate surface area is 122 Å². The summed E-state index contributed by atoms with van der Waals surface area (Å²) in [4.78, 5) is 12.1. The highest BCUT2D eigenvalue weighted by Gasteiger charge is 2.20. The van der Waals surface area contributed by atoms with Gasteiger partial charge in [0.1, 0.15) is 11.3 Å². The van der Waals surface area contributed by atoms with E-state index >= 15 is 0 Å². The molecular formula is C14H18ClNO4. The van der Waals surface area contributed by atoms with Gasteiger partial charge in [-0.2, -0.15) is 0 Å². The second-order valence-corrected chi connectivity index (χ2v) is 5.14. The molecule has 0 amide bonds. The lowest BCUT2D eigenvalue weighted by Crippen LogP contribution is -2.22. The van der Waals surface area contributed by atoms with Gasteiger partial charge in [0.2, 0.25) is 0 Å². The summed E-state index contributed by atoms with van der Waals surface area (Å²) in [7, 11) is 1.47. The lowest BCUT2D eigenvalue weighted by molar-refractivity contribution is 0.0183. The number of methoxy groups -OCH3 is 1. The molecule has 0 unspecified atom stereocenters. The van der Waals surface area contributed by atoms with Crippen LogP contribution in [0.2, 0.25) is 5.02 Å². The molecule has 1 aromatic carbocycles. The maximum atomic E-state index is 12.1. The van der Waals surface area contributed by atoms with Crippen molar-refractivity contribution < 1.29 is 19.0 Å². The Kier molecular flexibility index (Phi) is 5.09. The molecular weight excluding hydrogens is 282 g/mol. The lowest BCUT2D eigenvalue weighted by Gasteiger charge is -2.21. The minimum absolute atomic E-state index is 0.291. The minimum Gasteiger partial charge on any atom is -0.496 e. The quantitative estimate of drug-likeness (QED) is 0.683. The van der Waals surface area contributed by atoms with Gasteiger partial charge in [-0.05, 0) is 24.8 Å². The second-order valence-electron chi connectivity index (χ2n) is 4.73. The molecule has 1 aliphatic rings. The van der Waals surface area contributed by atoms with Crippen molar-refractivity contribution in [3.63, 3.8) is 0 Å². The Bertz CT molecular complexity index is 486.